The first-order valence-corrected chi connectivity index (χ1v) is 4.45. The van der Waals surface area contributed by atoms with E-state index in [0.717, 1.165) is 5.69 Å². The molecular formula is C9H13N3O3. The number of aromatic nitrogens is 1. The normalized spacial score (nSPS) is 9.87. The average molecular weight is 211 g/mol. The van der Waals surface area contributed by atoms with Crippen LogP contribution in [-0.2, 0) is 11.3 Å². The minimum absolute atomic E-state index is 0.135. The molecule has 0 bridgehead atoms. The van der Waals surface area contributed by atoms with Crippen molar-refractivity contribution >= 4 is 6.09 Å². The van der Waals surface area contributed by atoms with Crippen LogP contribution in [0.4, 0.5) is 4.79 Å². The van der Waals surface area contributed by atoms with Gasteiger partial charge in [-0.2, -0.15) is 0 Å². The Labute approximate surface area is 87.1 Å². The van der Waals surface area contributed by atoms with Gasteiger partial charge in [-0.05, 0) is 12.1 Å². The predicted octanol–water partition coefficient (Wildman–Crippen LogP) is -0.0279. The van der Waals surface area contributed by atoms with Crippen LogP contribution >= 0.6 is 0 Å². The van der Waals surface area contributed by atoms with Crippen LogP contribution < -0.4 is 11.1 Å². The summed E-state index contributed by atoms with van der Waals surface area (Å²) in [7, 11) is 0. The Balaban J connectivity index is 2.15. The number of aromatic hydroxyl groups is 1. The number of nitrogens with one attached hydrogen (secondary N) is 1. The topological polar surface area (TPSA) is 97.5 Å². The van der Waals surface area contributed by atoms with Gasteiger partial charge >= 0.3 is 6.09 Å². The van der Waals surface area contributed by atoms with Gasteiger partial charge in [0.05, 0.1) is 11.9 Å². The average Bonchev–Trinajstić information content (AvgIpc) is 2.20. The van der Waals surface area contributed by atoms with E-state index in [1.807, 2.05) is 0 Å². The summed E-state index contributed by atoms with van der Waals surface area (Å²) in [5.74, 6) is 0.135. The van der Waals surface area contributed by atoms with E-state index < -0.39 is 6.09 Å². The quantitative estimate of drug-likeness (QED) is 0.594. The summed E-state index contributed by atoms with van der Waals surface area (Å²) < 4.78 is 4.51. The second kappa shape index (κ2) is 5.82. The number of pyridine rings is 1. The molecule has 0 spiro atoms. The molecule has 6 nitrogen and oxygen atoms in total. The number of nitrogens with zero attached hydrogens (tertiary/aromatic N) is 1. The SMILES string of the molecule is NC(=O)OCCNCc1ccc(O)cn1. The zero-order chi connectivity index (χ0) is 11.1. The molecule has 1 amide bonds. The molecule has 0 aromatic carbocycles. The van der Waals surface area contributed by atoms with Crippen molar-refractivity contribution in [3.8, 4) is 5.75 Å². The lowest BCUT2D eigenvalue weighted by Crippen LogP contribution is -2.23. The predicted molar refractivity (Wildman–Crippen MR) is 53.1 cm³/mol. The van der Waals surface area contributed by atoms with Crippen molar-refractivity contribution < 1.29 is 14.6 Å². The molecule has 0 aliphatic rings. The smallest absolute Gasteiger partial charge is 0.404 e. The third kappa shape index (κ3) is 4.82. The fraction of sp³-hybridized carbons (Fsp3) is 0.333. The summed E-state index contributed by atoms with van der Waals surface area (Å²) in [5.41, 5.74) is 5.57. The lowest BCUT2D eigenvalue weighted by atomic mass is 10.3. The number of nitrogens with two attached hydrogens (primary N) is 1. The molecule has 15 heavy (non-hydrogen) atoms. The Kier molecular flexibility index (Phi) is 4.36. The number of hydrogen-bond acceptors (Lipinski definition) is 5. The standard InChI is InChI=1S/C9H13N3O3/c10-9(14)15-4-3-11-5-7-1-2-8(13)6-12-7/h1-2,6,11,13H,3-5H2,(H2,10,14). The van der Waals surface area contributed by atoms with Gasteiger partial charge in [0.2, 0.25) is 0 Å². The fourth-order valence-electron chi connectivity index (χ4n) is 0.962. The molecule has 4 N–H and O–H groups in total. The summed E-state index contributed by atoms with van der Waals surface area (Å²) in [6.45, 7) is 1.28. The molecule has 1 rings (SSSR count). The molecular weight excluding hydrogens is 198 g/mol. The molecule has 1 heterocycles. The van der Waals surface area contributed by atoms with Gasteiger partial charge in [0, 0.05) is 13.1 Å². The van der Waals surface area contributed by atoms with Crippen molar-refractivity contribution in [2.75, 3.05) is 13.2 Å². The number of ether oxygens (including phenoxy) is 1. The monoisotopic (exact) mass is 211 g/mol. The summed E-state index contributed by atoms with van der Waals surface area (Å²) in [5, 5.41) is 12.0. The third-order valence-electron chi connectivity index (χ3n) is 1.64. The maximum absolute atomic E-state index is 10.2. The minimum atomic E-state index is -0.778. The van der Waals surface area contributed by atoms with Gasteiger partial charge in [0.25, 0.3) is 0 Å². The summed E-state index contributed by atoms with van der Waals surface area (Å²) in [6.07, 6.45) is 0.594. The van der Waals surface area contributed by atoms with E-state index in [2.05, 4.69) is 15.0 Å². The molecule has 0 aliphatic heterocycles. The van der Waals surface area contributed by atoms with Crippen LogP contribution in [0.2, 0.25) is 0 Å². The van der Waals surface area contributed by atoms with Crippen LogP contribution in [0.25, 0.3) is 0 Å². The molecule has 0 saturated heterocycles. The number of hydrogen-bond donors (Lipinski definition) is 3. The molecule has 1 aromatic heterocycles. The van der Waals surface area contributed by atoms with Crippen LogP contribution in [-0.4, -0.2) is 29.3 Å². The summed E-state index contributed by atoms with van der Waals surface area (Å²) in [4.78, 5) is 14.2. The molecule has 0 aliphatic carbocycles. The third-order valence-corrected chi connectivity index (χ3v) is 1.64. The van der Waals surface area contributed by atoms with Gasteiger partial charge in [0.1, 0.15) is 12.4 Å². The van der Waals surface area contributed by atoms with E-state index >= 15 is 0 Å². The molecule has 82 valence electrons. The van der Waals surface area contributed by atoms with Crippen LogP contribution in [0.15, 0.2) is 18.3 Å². The lowest BCUT2D eigenvalue weighted by molar-refractivity contribution is 0.157. The highest BCUT2D eigenvalue weighted by atomic mass is 16.5. The molecule has 0 atom stereocenters. The van der Waals surface area contributed by atoms with E-state index in [-0.39, 0.29) is 12.4 Å². The number of amides is 1. The van der Waals surface area contributed by atoms with E-state index in [1.165, 1.54) is 6.20 Å². The van der Waals surface area contributed by atoms with E-state index in [9.17, 15) is 4.79 Å². The molecule has 0 unspecified atom stereocenters. The van der Waals surface area contributed by atoms with Crippen LogP contribution in [0.3, 0.4) is 0 Å². The van der Waals surface area contributed by atoms with E-state index in [0.29, 0.717) is 13.1 Å². The van der Waals surface area contributed by atoms with Crippen molar-refractivity contribution in [3.63, 3.8) is 0 Å². The van der Waals surface area contributed by atoms with Crippen molar-refractivity contribution in [2.45, 2.75) is 6.54 Å². The van der Waals surface area contributed by atoms with E-state index in [4.69, 9.17) is 10.8 Å². The van der Waals surface area contributed by atoms with Crippen molar-refractivity contribution in [3.05, 3.63) is 24.0 Å². The van der Waals surface area contributed by atoms with Crippen molar-refractivity contribution in [1.82, 2.24) is 10.3 Å². The number of carbonyl (C=O) groups is 1. The minimum Gasteiger partial charge on any atom is -0.506 e. The zero-order valence-electron chi connectivity index (χ0n) is 8.14. The van der Waals surface area contributed by atoms with Crippen LogP contribution in [0.1, 0.15) is 5.69 Å². The van der Waals surface area contributed by atoms with Crippen molar-refractivity contribution in [2.24, 2.45) is 5.73 Å². The Morgan fingerprint density at radius 3 is 3.00 bits per heavy atom. The van der Waals surface area contributed by atoms with Crippen LogP contribution in [0.5, 0.6) is 5.75 Å². The molecule has 0 fully saturated rings. The van der Waals surface area contributed by atoms with Gasteiger partial charge in [-0.1, -0.05) is 0 Å². The first-order valence-electron chi connectivity index (χ1n) is 4.45. The summed E-state index contributed by atoms with van der Waals surface area (Å²) >= 11 is 0. The second-order valence-electron chi connectivity index (χ2n) is 2.85. The van der Waals surface area contributed by atoms with Gasteiger partial charge in [-0.15, -0.1) is 0 Å². The maximum atomic E-state index is 10.2. The molecule has 6 heteroatoms. The lowest BCUT2D eigenvalue weighted by Gasteiger charge is -2.04. The number of rotatable bonds is 5. The maximum Gasteiger partial charge on any atom is 0.404 e. The largest absolute Gasteiger partial charge is 0.506 e. The highest BCUT2D eigenvalue weighted by molar-refractivity contribution is 5.64. The number of carbonyl (C=O) groups excluding carboxylic acids is 1. The van der Waals surface area contributed by atoms with E-state index in [1.54, 1.807) is 12.1 Å². The molecule has 1 aromatic rings. The Bertz CT molecular complexity index is 313. The number of primary amides is 1. The molecule has 0 saturated carbocycles. The van der Waals surface area contributed by atoms with Crippen LogP contribution in [0, 0.1) is 0 Å². The van der Waals surface area contributed by atoms with Gasteiger partial charge in [-0.25, -0.2) is 4.79 Å². The second-order valence-corrected chi connectivity index (χ2v) is 2.85. The highest BCUT2D eigenvalue weighted by Gasteiger charge is 1.95. The van der Waals surface area contributed by atoms with Gasteiger partial charge in [0.15, 0.2) is 0 Å². The Morgan fingerprint density at radius 1 is 1.60 bits per heavy atom. The van der Waals surface area contributed by atoms with Gasteiger partial charge < -0.3 is 20.9 Å². The Hall–Kier alpha value is -1.82. The molecule has 0 radical (unpaired) electrons. The first-order chi connectivity index (χ1) is 7.18. The van der Waals surface area contributed by atoms with Crippen molar-refractivity contribution in [1.29, 1.82) is 0 Å². The Morgan fingerprint density at radius 2 is 2.40 bits per heavy atom. The first kappa shape index (κ1) is 11.3. The fourth-order valence-corrected chi connectivity index (χ4v) is 0.962. The highest BCUT2D eigenvalue weighted by Crippen LogP contribution is 2.05. The summed E-state index contributed by atoms with van der Waals surface area (Å²) in [6, 6.07) is 3.27. The zero-order valence-corrected chi connectivity index (χ0v) is 8.14. The van der Waals surface area contributed by atoms with Gasteiger partial charge in [-0.3, -0.25) is 4.98 Å².